The molecule has 0 radical (unpaired) electrons. The lowest BCUT2D eigenvalue weighted by Gasteiger charge is -2.31. The van der Waals surface area contributed by atoms with Gasteiger partial charge >= 0.3 is 0 Å². The van der Waals surface area contributed by atoms with Crippen LogP contribution in [0.4, 0.5) is 0 Å². The second-order valence-electron chi connectivity index (χ2n) is 6.97. The zero-order valence-corrected chi connectivity index (χ0v) is 16.2. The Morgan fingerprint density at radius 1 is 1.14 bits per heavy atom. The van der Waals surface area contributed by atoms with Crippen LogP contribution in [0.3, 0.4) is 0 Å². The Morgan fingerprint density at radius 3 is 2.75 bits per heavy atom. The zero-order valence-electron chi connectivity index (χ0n) is 15.5. The van der Waals surface area contributed by atoms with Crippen molar-refractivity contribution in [2.75, 3.05) is 13.1 Å². The van der Waals surface area contributed by atoms with E-state index in [9.17, 15) is 4.79 Å². The van der Waals surface area contributed by atoms with Crippen molar-refractivity contribution in [2.24, 2.45) is 0 Å². The molecule has 1 fully saturated rings. The first-order valence-corrected chi connectivity index (χ1v) is 9.80. The molecule has 1 aromatic carbocycles. The lowest BCUT2D eigenvalue weighted by atomic mass is 10.0. The van der Waals surface area contributed by atoms with Gasteiger partial charge in [0.05, 0.1) is 11.4 Å². The Hall–Kier alpha value is -2.70. The van der Waals surface area contributed by atoms with Crippen LogP contribution in [0.25, 0.3) is 5.69 Å². The molecule has 0 unspecified atom stereocenters. The highest BCUT2D eigenvalue weighted by Gasteiger charge is 2.22. The predicted molar refractivity (Wildman–Crippen MR) is 109 cm³/mol. The standard InChI is InChI=1S/C21H22ClN5O/c22-16-4-3-6-19(14-16)27-13-9-20(25-27)21(28)24-17-7-11-26(12-8-17)15-18-5-1-2-10-23-18/h1-6,9-10,13-14,17H,7-8,11-12,15H2,(H,24,28). The molecule has 1 aliphatic rings. The molecule has 28 heavy (non-hydrogen) atoms. The molecule has 1 N–H and O–H groups in total. The molecule has 3 aromatic rings. The second kappa shape index (κ2) is 8.54. The number of carbonyl (C=O) groups excluding carboxylic acids is 1. The first-order valence-electron chi connectivity index (χ1n) is 9.42. The van der Waals surface area contributed by atoms with E-state index < -0.39 is 0 Å². The maximum absolute atomic E-state index is 12.6. The summed E-state index contributed by atoms with van der Waals surface area (Å²) in [6.45, 7) is 2.74. The van der Waals surface area contributed by atoms with E-state index in [0.717, 1.165) is 43.9 Å². The Kier molecular flexibility index (Phi) is 5.69. The Balaban J connectivity index is 1.30. The summed E-state index contributed by atoms with van der Waals surface area (Å²) in [6.07, 6.45) is 5.45. The van der Waals surface area contributed by atoms with Gasteiger partial charge in [0.1, 0.15) is 0 Å². The van der Waals surface area contributed by atoms with Gasteiger partial charge in [0.15, 0.2) is 5.69 Å². The molecule has 6 nitrogen and oxygen atoms in total. The molecule has 1 saturated heterocycles. The fraction of sp³-hybridized carbons (Fsp3) is 0.286. The number of aromatic nitrogens is 3. The maximum Gasteiger partial charge on any atom is 0.272 e. The molecule has 0 spiro atoms. The van der Waals surface area contributed by atoms with Crippen LogP contribution in [-0.2, 0) is 6.54 Å². The molecule has 2 aromatic heterocycles. The van der Waals surface area contributed by atoms with E-state index >= 15 is 0 Å². The summed E-state index contributed by atoms with van der Waals surface area (Å²) in [4.78, 5) is 19.3. The van der Waals surface area contributed by atoms with E-state index in [-0.39, 0.29) is 11.9 Å². The lowest BCUT2D eigenvalue weighted by Crippen LogP contribution is -2.44. The van der Waals surface area contributed by atoms with Gasteiger partial charge in [-0.25, -0.2) is 4.68 Å². The summed E-state index contributed by atoms with van der Waals surface area (Å²) in [5, 5.41) is 8.13. The minimum Gasteiger partial charge on any atom is -0.348 e. The number of rotatable bonds is 5. The quantitative estimate of drug-likeness (QED) is 0.719. The summed E-state index contributed by atoms with van der Waals surface area (Å²) in [7, 11) is 0. The average Bonchev–Trinajstić information content (AvgIpc) is 3.21. The molecule has 0 bridgehead atoms. The third-order valence-corrected chi connectivity index (χ3v) is 5.16. The summed E-state index contributed by atoms with van der Waals surface area (Å²) < 4.78 is 1.66. The van der Waals surface area contributed by atoms with Crippen molar-refractivity contribution >= 4 is 17.5 Å². The third kappa shape index (κ3) is 4.58. The molecule has 7 heteroatoms. The first-order chi connectivity index (χ1) is 13.7. The van der Waals surface area contributed by atoms with Crippen LogP contribution in [0.5, 0.6) is 0 Å². The number of amides is 1. The number of hydrogen-bond acceptors (Lipinski definition) is 4. The normalized spacial score (nSPS) is 15.5. The number of hydrogen-bond donors (Lipinski definition) is 1. The van der Waals surface area contributed by atoms with E-state index in [1.807, 2.05) is 48.7 Å². The van der Waals surface area contributed by atoms with Crippen molar-refractivity contribution < 1.29 is 4.79 Å². The zero-order chi connectivity index (χ0) is 19.3. The Bertz CT molecular complexity index is 935. The number of benzene rings is 1. The van der Waals surface area contributed by atoms with Gasteiger partial charge in [-0.1, -0.05) is 23.7 Å². The van der Waals surface area contributed by atoms with E-state index in [0.29, 0.717) is 10.7 Å². The smallest absolute Gasteiger partial charge is 0.272 e. The molecular formula is C21H22ClN5O. The summed E-state index contributed by atoms with van der Waals surface area (Å²) in [5.74, 6) is -0.135. The minimum atomic E-state index is -0.135. The van der Waals surface area contributed by atoms with E-state index in [4.69, 9.17) is 11.6 Å². The number of carbonyl (C=O) groups is 1. The Labute approximate surface area is 169 Å². The number of likely N-dealkylation sites (tertiary alicyclic amines) is 1. The van der Waals surface area contributed by atoms with E-state index in [2.05, 4.69) is 20.3 Å². The van der Waals surface area contributed by atoms with Gasteiger partial charge in [-0.15, -0.1) is 0 Å². The van der Waals surface area contributed by atoms with Gasteiger partial charge in [0.2, 0.25) is 0 Å². The van der Waals surface area contributed by atoms with Gasteiger partial charge in [0.25, 0.3) is 5.91 Å². The molecule has 1 aliphatic heterocycles. The molecule has 3 heterocycles. The van der Waals surface area contributed by atoms with Crippen molar-refractivity contribution in [3.8, 4) is 5.69 Å². The van der Waals surface area contributed by atoms with Gasteiger partial charge < -0.3 is 5.32 Å². The number of nitrogens with one attached hydrogen (secondary N) is 1. The van der Waals surface area contributed by atoms with Crippen LogP contribution in [-0.4, -0.2) is 44.7 Å². The van der Waals surface area contributed by atoms with Crippen molar-refractivity contribution in [1.29, 1.82) is 0 Å². The molecule has 0 atom stereocenters. The van der Waals surface area contributed by atoms with Crippen LogP contribution in [0.1, 0.15) is 29.0 Å². The molecule has 144 valence electrons. The monoisotopic (exact) mass is 395 g/mol. The SMILES string of the molecule is O=C(NC1CCN(Cc2ccccn2)CC1)c1ccn(-c2cccc(Cl)c2)n1. The summed E-state index contributed by atoms with van der Waals surface area (Å²) in [5.41, 5.74) is 2.32. The maximum atomic E-state index is 12.6. The van der Waals surface area contributed by atoms with Crippen LogP contribution in [0, 0.1) is 0 Å². The Morgan fingerprint density at radius 2 is 2.00 bits per heavy atom. The first kappa shape index (κ1) is 18.7. The number of halogens is 1. The number of nitrogens with zero attached hydrogens (tertiary/aromatic N) is 4. The van der Waals surface area contributed by atoms with Gasteiger partial charge in [0, 0.05) is 43.1 Å². The lowest BCUT2D eigenvalue weighted by molar-refractivity contribution is 0.0903. The van der Waals surface area contributed by atoms with E-state index in [1.54, 1.807) is 16.9 Å². The van der Waals surface area contributed by atoms with Gasteiger partial charge in [-0.3, -0.25) is 14.7 Å². The van der Waals surface area contributed by atoms with Crippen molar-refractivity contribution in [1.82, 2.24) is 25.0 Å². The fourth-order valence-electron chi connectivity index (χ4n) is 3.42. The second-order valence-corrected chi connectivity index (χ2v) is 7.41. The average molecular weight is 396 g/mol. The third-order valence-electron chi connectivity index (χ3n) is 4.93. The largest absolute Gasteiger partial charge is 0.348 e. The highest BCUT2D eigenvalue weighted by Crippen LogP contribution is 2.16. The van der Waals surface area contributed by atoms with E-state index in [1.165, 1.54) is 0 Å². The van der Waals surface area contributed by atoms with Crippen LogP contribution < -0.4 is 5.32 Å². The summed E-state index contributed by atoms with van der Waals surface area (Å²) in [6, 6.07) is 15.3. The molecular weight excluding hydrogens is 374 g/mol. The predicted octanol–water partition coefficient (Wildman–Crippen LogP) is 3.32. The highest BCUT2D eigenvalue weighted by molar-refractivity contribution is 6.30. The van der Waals surface area contributed by atoms with Crippen molar-refractivity contribution in [3.63, 3.8) is 0 Å². The number of pyridine rings is 1. The van der Waals surface area contributed by atoms with Crippen molar-refractivity contribution in [2.45, 2.75) is 25.4 Å². The molecule has 0 saturated carbocycles. The highest BCUT2D eigenvalue weighted by atomic mass is 35.5. The number of piperidine rings is 1. The van der Waals surface area contributed by atoms with Gasteiger partial charge in [-0.2, -0.15) is 5.10 Å². The van der Waals surface area contributed by atoms with Crippen LogP contribution >= 0.6 is 11.6 Å². The topological polar surface area (TPSA) is 63.1 Å². The van der Waals surface area contributed by atoms with Crippen LogP contribution in [0.15, 0.2) is 60.9 Å². The molecule has 4 rings (SSSR count). The molecule has 0 aliphatic carbocycles. The van der Waals surface area contributed by atoms with Gasteiger partial charge in [-0.05, 0) is 49.2 Å². The fourth-order valence-corrected chi connectivity index (χ4v) is 3.61. The minimum absolute atomic E-state index is 0.135. The molecule has 1 amide bonds. The van der Waals surface area contributed by atoms with Crippen LogP contribution in [0.2, 0.25) is 5.02 Å². The summed E-state index contributed by atoms with van der Waals surface area (Å²) >= 11 is 6.03. The van der Waals surface area contributed by atoms with Crippen molar-refractivity contribution in [3.05, 3.63) is 77.3 Å².